The van der Waals surface area contributed by atoms with Gasteiger partial charge >= 0.3 is 0 Å². The highest BCUT2D eigenvalue weighted by atomic mass is 32.2. The number of nitrogens with zero attached hydrogens (tertiary/aromatic N) is 1. The lowest BCUT2D eigenvalue weighted by Gasteiger charge is -2.09. The van der Waals surface area contributed by atoms with E-state index in [2.05, 4.69) is 4.98 Å². The zero-order chi connectivity index (χ0) is 13.2. The fourth-order valence-electron chi connectivity index (χ4n) is 1.63. The summed E-state index contributed by atoms with van der Waals surface area (Å²) in [5, 5.41) is 5.47. The smallest absolute Gasteiger partial charge is 0.238 e. The summed E-state index contributed by atoms with van der Waals surface area (Å²) in [4.78, 5) is 4.01. The molecule has 0 spiro atoms. The molecular formula is C11H11FN2O3S. The average molecular weight is 270 g/mol. The van der Waals surface area contributed by atoms with Gasteiger partial charge in [-0.15, -0.1) is 0 Å². The molecule has 18 heavy (non-hydrogen) atoms. The third-order valence-electron chi connectivity index (χ3n) is 2.33. The molecule has 0 unspecified atom stereocenters. The maximum atomic E-state index is 12.1. The minimum Gasteiger partial charge on any atom is -0.489 e. The zero-order valence-corrected chi connectivity index (χ0v) is 10.2. The maximum absolute atomic E-state index is 12.1. The van der Waals surface area contributed by atoms with Crippen LogP contribution in [-0.2, 0) is 10.0 Å². The average Bonchev–Trinajstić information content (AvgIpc) is 2.34. The number of alkyl halides is 1. The molecule has 0 saturated carbocycles. The van der Waals surface area contributed by atoms with Gasteiger partial charge in [0.2, 0.25) is 10.0 Å². The molecule has 0 saturated heterocycles. The summed E-state index contributed by atoms with van der Waals surface area (Å²) in [7, 11) is -3.84. The summed E-state index contributed by atoms with van der Waals surface area (Å²) in [6.07, 6.45) is 1.50. The molecule has 96 valence electrons. The number of nitrogens with two attached hydrogens (primary N) is 1. The number of fused-ring (bicyclic) bond motifs is 1. The lowest BCUT2D eigenvalue weighted by Crippen LogP contribution is -2.13. The molecule has 0 bridgehead atoms. The summed E-state index contributed by atoms with van der Waals surface area (Å²) >= 11 is 0. The van der Waals surface area contributed by atoms with Crippen molar-refractivity contribution in [1.29, 1.82) is 0 Å². The minimum atomic E-state index is -3.84. The first kappa shape index (κ1) is 12.7. The van der Waals surface area contributed by atoms with Gasteiger partial charge in [-0.05, 0) is 24.3 Å². The van der Waals surface area contributed by atoms with E-state index in [4.69, 9.17) is 9.88 Å². The van der Waals surface area contributed by atoms with E-state index in [0.29, 0.717) is 16.7 Å². The molecule has 0 aliphatic carbocycles. The molecule has 7 heteroatoms. The molecule has 5 nitrogen and oxygen atoms in total. The molecule has 0 atom stereocenters. The van der Waals surface area contributed by atoms with Gasteiger partial charge in [-0.1, -0.05) is 0 Å². The fourth-order valence-corrected chi connectivity index (χ4v) is 2.36. The summed E-state index contributed by atoms with van der Waals surface area (Å²) in [5.74, 6) is 0.329. The Morgan fingerprint density at radius 1 is 1.33 bits per heavy atom. The SMILES string of the molecule is NS(=O)(=O)c1ccc(OCCF)c2ncccc12. The van der Waals surface area contributed by atoms with Gasteiger partial charge in [-0.3, -0.25) is 4.98 Å². The van der Waals surface area contributed by atoms with Gasteiger partial charge in [-0.25, -0.2) is 17.9 Å². The molecule has 0 amide bonds. The quantitative estimate of drug-likeness (QED) is 0.905. The third-order valence-corrected chi connectivity index (χ3v) is 3.30. The Kier molecular flexibility index (Phi) is 3.44. The van der Waals surface area contributed by atoms with E-state index in [9.17, 15) is 12.8 Å². The highest BCUT2D eigenvalue weighted by molar-refractivity contribution is 7.89. The summed E-state index contributed by atoms with van der Waals surface area (Å²) in [6, 6.07) is 5.91. The predicted molar refractivity (Wildman–Crippen MR) is 64.6 cm³/mol. The van der Waals surface area contributed by atoms with Gasteiger partial charge in [0.1, 0.15) is 24.5 Å². The molecule has 2 rings (SSSR count). The molecule has 1 aromatic heterocycles. The van der Waals surface area contributed by atoms with Gasteiger partial charge in [-0.2, -0.15) is 0 Å². The van der Waals surface area contributed by atoms with Crippen molar-refractivity contribution in [2.75, 3.05) is 13.3 Å². The van der Waals surface area contributed by atoms with Crippen LogP contribution in [0.15, 0.2) is 35.4 Å². The van der Waals surface area contributed by atoms with Crippen LogP contribution in [0.1, 0.15) is 0 Å². The number of pyridine rings is 1. The first-order valence-corrected chi connectivity index (χ1v) is 6.68. The van der Waals surface area contributed by atoms with Crippen molar-refractivity contribution in [1.82, 2.24) is 4.98 Å². The number of benzene rings is 1. The van der Waals surface area contributed by atoms with Gasteiger partial charge in [0, 0.05) is 11.6 Å². The normalized spacial score (nSPS) is 11.7. The van der Waals surface area contributed by atoms with E-state index in [0.717, 1.165) is 0 Å². The Hall–Kier alpha value is -1.73. The van der Waals surface area contributed by atoms with Crippen molar-refractivity contribution in [2.45, 2.75) is 4.90 Å². The van der Waals surface area contributed by atoms with Crippen molar-refractivity contribution >= 4 is 20.9 Å². The van der Waals surface area contributed by atoms with E-state index >= 15 is 0 Å². The largest absolute Gasteiger partial charge is 0.489 e. The Balaban J connectivity index is 2.66. The Morgan fingerprint density at radius 2 is 2.11 bits per heavy atom. The van der Waals surface area contributed by atoms with Gasteiger partial charge in [0.05, 0.1) is 4.90 Å². The topological polar surface area (TPSA) is 82.3 Å². The molecule has 2 N–H and O–H groups in total. The maximum Gasteiger partial charge on any atom is 0.238 e. The van der Waals surface area contributed by atoms with Gasteiger partial charge in [0.25, 0.3) is 0 Å². The number of rotatable bonds is 4. The Labute approximate surface area is 103 Å². The second-order valence-electron chi connectivity index (χ2n) is 3.54. The Bertz CT molecular complexity index is 673. The van der Waals surface area contributed by atoms with Crippen LogP contribution in [0.4, 0.5) is 4.39 Å². The van der Waals surface area contributed by atoms with E-state index in [-0.39, 0.29) is 11.5 Å². The number of aromatic nitrogens is 1. The zero-order valence-electron chi connectivity index (χ0n) is 9.34. The number of hydrogen-bond donors (Lipinski definition) is 1. The Morgan fingerprint density at radius 3 is 2.78 bits per heavy atom. The van der Waals surface area contributed by atoms with Crippen molar-refractivity contribution in [3.05, 3.63) is 30.5 Å². The molecule has 2 aromatic rings. The lowest BCUT2D eigenvalue weighted by atomic mass is 10.2. The van der Waals surface area contributed by atoms with Crippen LogP contribution in [-0.4, -0.2) is 26.7 Å². The van der Waals surface area contributed by atoms with Crippen LogP contribution in [0, 0.1) is 0 Å². The first-order chi connectivity index (χ1) is 8.54. The van der Waals surface area contributed by atoms with Crippen LogP contribution in [0.2, 0.25) is 0 Å². The third kappa shape index (κ3) is 2.41. The van der Waals surface area contributed by atoms with Gasteiger partial charge < -0.3 is 4.74 Å². The number of ether oxygens (including phenoxy) is 1. The van der Waals surface area contributed by atoms with Crippen molar-refractivity contribution in [3.8, 4) is 5.75 Å². The highest BCUT2D eigenvalue weighted by Gasteiger charge is 2.15. The molecule has 0 fully saturated rings. The van der Waals surface area contributed by atoms with Crippen molar-refractivity contribution in [3.63, 3.8) is 0 Å². The van der Waals surface area contributed by atoms with Crippen LogP contribution < -0.4 is 9.88 Å². The fraction of sp³-hybridized carbons (Fsp3) is 0.182. The number of primary sulfonamides is 1. The summed E-state index contributed by atoms with van der Waals surface area (Å²) in [6.45, 7) is -0.744. The minimum absolute atomic E-state index is 0.0294. The number of sulfonamides is 1. The van der Waals surface area contributed by atoms with E-state index in [1.54, 1.807) is 12.1 Å². The second kappa shape index (κ2) is 4.87. The van der Waals surface area contributed by atoms with Crippen molar-refractivity contribution < 1.29 is 17.5 Å². The van der Waals surface area contributed by atoms with Crippen LogP contribution in [0.3, 0.4) is 0 Å². The predicted octanol–water partition coefficient (Wildman–Crippen LogP) is 1.23. The molecule has 1 heterocycles. The standard InChI is InChI=1S/C11H11FN2O3S/c12-5-7-17-9-3-4-10(18(13,15)16)8-2-1-6-14-11(8)9/h1-4,6H,5,7H2,(H2,13,15,16). The molecule has 0 aliphatic heterocycles. The van der Waals surface area contributed by atoms with Crippen LogP contribution >= 0.6 is 0 Å². The van der Waals surface area contributed by atoms with Crippen LogP contribution in [0.25, 0.3) is 10.9 Å². The highest BCUT2D eigenvalue weighted by Crippen LogP contribution is 2.28. The monoisotopic (exact) mass is 270 g/mol. The lowest BCUT2D eigenvalue weighted by molar-refractivity contribution is 0.275. The number of halogens is 1. The molecule has 0 radical (unpaired) electrons. The molecule has 0 aliphatic rings. The summed E-state index contributed by atoms with van der Waals surface area (Å²) in [5.41, 5.74) is 0.345. The first-order valence-electron chi connectivity index (χ1n) is 5.13. The van der Waals surface area contributed by atoms with E-state index in [1.807, 2.05) is 0 Å². The second-order valence-corrected chi connectivity index (χ2v) is 5.07. The molecular weight excluding hydrogens is 259 g/mol. The van der Waals surface area contributed by atoms with E-state index < -0.39 is 16.7 Å². The van der Waals surface area contributed by atoms with E-state index in [1.165, 1.54) is 18.3 Å². The number of hydrogen-bond acceptors (Lipinski definition) is 4. The van der Waals surface area contributed by atoms with Crippen molar-refractivity contribution in [2.24, 2.45) is 5.14 Å². The summed E-state index contributed by atoms with van der Waals surface area (Å²) < 4.78 is 40.1. The molecule has 1 aromatic carbocycles. The van der Waals surface area contributed by atoms with Crippen LogP contribution in [0.5, 0.6) is 5.75 Å². The van der Waals surface area contributed by atoms with Gasteiger partial charge in [0.15, 0.2) is 0 Å².